The Morgan fingerprint density at radius 3 is 2.42 bits per heavy atom. The number of amides is 1. The van der Waals surface area contributed by atoms with Gasteiger partial charge in [0.2, 0.25) is 5.91 Å². The Labute approximate surface area is 196 Å². The first kappa shape index (κ1) is 23.1. The lowest BCUT2D eigenvalue weighted by Gasteiger charge is -2.37. The first-order chi connectivity index (χ1) is 16.2. The predicted molar refractivity (Wildman–Crippen MR) is 132 cm³/mol. The SMILES string of the molecule is CCNc1cc(N2CCC(CCC(=O)N3CCN(c4ccc(OC)cc4)CC3)CC2)ncn1. The Bertz CT molecular complexity index is 890. The molecule has 0 aliphatic carbocycles. The summed E-state index contributed by atoms with van der Waals surface area (Å²) < 4.78 is 5.24. The fraction of sp³-hybridized carbons (Fsp3) is 0.560. The molecule has 0 radical (unpaired) electrons. The molecule has 2 fully saturated rings. The van der Waals surface area contributed by atoms with Gasteiger partial charge in [0.05, 0.1) is 7.11 Å². The highest BCUT2D eigenvalue weighted by Gasteiger charge is 2.24. The minimum absolute atomic E-state index is 0.304. The maximum Gasteiger partial charge on any atom is 0.222 e. The summed E-state index contributed by atoms with van der Waals surface area (Å²) in [6, 6.07) is 10.2. The van der Waals surface area contributed by atoms with Gasteiger partial charge in [-0.25, -0.2) is 9.97 Å². The average Bonchev–Trinajstić information content (AvgIpc) is 2.88. The number of piperidine rings is 1. The molecule has 1 amide bonds. The summed E-state index contributed by atoms with van der Waals surface area (Å²) in [4.78, 5) is 28.2. The number of nitrogens with one attached hydrogen (secondary N) is 1. The highest BCUT2D eigenvalue weighted by atomic mass is 16.5. The van der Waals surface area contributed by atoms with Gasteiger partial charge in [-0.1, -0.05) is 0 Å². The smallest absolute Gasteiger partial charge is 0.222 e. The van der Waals surface area contributed by atoms with E-state index < -0.39 is 0 Å². The minimum Gasteiger partial charge on any atom is -0.497 e. The van der Waals surface area contributed by atoms with E-state index in [1.54, 1.807) is 13.4 Å². The molecule has 0 spiro atoms. The van der Waals surface area contributed by atoms with Crippen molar-refractivity contribution in [1.82, 2.24) is 14.9 Å². The molecule has 0 bridgehead atoms. The van der Waals surface area contributed by atoms with Gasteiger partial charge in [-0.05, 0) is 56.4 Å². The van der Waals surface area contributed by atoms with E-state index in [4.69, 9.17) is 4.74 Å². The normalized spacial score (nSPS) is 17.2. The molecule has 178 valence electrons. The van der Waals surface area contributed by atoms with E-state index in [9.17, 15) is 4.79 Å². The molecule has 1 aromatic heterocycles. The Morgan fingerprint density at radius 1 is 1.03 bits per heavy atom. The first-order valence-electron chi connectivity index (χ1n) is 12.1. The third-order valence-electron chi connectivity index (χ3n) is 6.79. The zero-order chi connectivity index (χ0) is 23.0. The van der Waals surface area contributed by atoms with Gasteiger partial charge >= 0.3 is 0 Å². The van der Waals surface area contributed by atoms with E-state index >= 15 is 0 Å². The van der Waals surface area contributed by atoms with E-state index in [1.165, 1.54) is 5.69 Å². The molecule has 1 aromatic carbocycles. The van der Waals surface area contributed by atoms with Crippen LogP contribution >= 0.6 is 0 Å². The monoisotopic (exact) mass is 452 g/mol. The van der Waals surface area contributed by atoms with Crippen LogP contribution in [0.1, 0.15) is 32.6 Å². The zero-order valence-corrected chi connectivity index (χ0v) is 19.9. The number of rotatable bonds is 8. The number of hydrogen-bond donors (Lipinski definition) is 1. The number of anilines is 3. The number of piperazine rings is 1. The lowest BCUT2D eigenvalue weighted by atomic mass is 9.92. The molecular formula is C25H36N6O2. The molecule has 0 unspecified atom stereocenters. The van der Waals surface area contributed by atoms with Crippen molar-refractivity contribution >= 4 is 23.2 Å². The summed E-state index contributed by atoms with van der Waals surface area (Å²) in [7, 11) is 1.68. The third-order valence-corrected chi connectivity index (χ3v) is 6.79. The highest BCUT2D eigenvalue weighted by Crippen LogP contribution is 2.26. The predicted octanol–water partition coefficient (Wildman–Crippen LogP) is 3.26. The number of ether oxygens (including phenoxy) is 1. The molecule has 1 N–H and O–H groups in total. The molecule has 33 heavy (non-hydrogen) atoms. The van der Waals surface area contributed by atoms with Gasteiger partial charge < -0.3 is 24.8 Å². The molecular weight excluding hydrogens is 416 g/mol. The van der Waals surface area contributed by atoms with Crippen molar-refractivity contribution in [3.05, 3.63) is 36.7 Å². The number of benzene rings is 1. The van der Waals surface area contributed by atoms with Crippen LogP contribution in [0.15, 0.2) is 36.7 Å². The van der Waals surface area contributed by atoms with Crippen LogP contribution in [0.5, 0.6) is 5.75 Å². The Morgan fingerprint density at radius 2 is 1.76 bits per heavy atom. The molecule has 0 atom stereocenters. The lowest BCUT2D eigenvalue weighted by Crippen LogP contribution is -2.48. The summed E-state index contributed by atoms with van der Waals surface area (Å²) in [5.41, 5.74) is 1.19. The second-order valence-electron chi connectivity index (χ2n) is 8.83. The summed E-state index contributed by atoms with van der Waals surface area (Å²) >= 11 is 0. The maximum absolute atomic E-state index is 12.8. The van der Waals surface area contributed by atoms with Gasteiger partial charge in [0, 0.05) is 64.0 Å². The van der Waals surface area contributed by atoms with Crippen molar-refractivity contribution in [3.63, 3.8) is 0 Å². The van der Waals surface area contributed by atoms with Crippen molar-refractivity contribution in [2.45, 2.75) is 32.6 Å². The molecule has 8 heteroatoms. The second kappa shape index (κ2) is 11.2. The van der Waals surface area contributed by atoms with Crippen molar-refractivity contribution in [2.24, 2.45) is 5.92 Å². The fourth-order valence-electron chi connectivity index (χ4n) is 4.74. The molecule has 2 aliphatic rings. The molecule has 8 nitrogen and oxygen atoms in total. The second-order valence-corrected chi connectivity index (χ2v) is 8.83. The minimum atomic E-state index is 0.304. The highest BCUT2D eigenvalue weighted by molar-refractivity contribution is 5.76. The van der Waals surface area contributed by atoms with E-state index in [0.29, 0.717) is 18.2 Å². The van der Waals surface area contributed by atoms with Crippen molar-refractivity contribution in [3.8, 4) is 5.75 Å². The standard InChI is InChI=1S/C25H36N6O2/c1-3-26-23-18-24(28-19-27-23)30-12-10-20(11-13-30)4-9-25(32)31-16-14-29(15-17-31)21-5-7-22(33-2)8-6-21/h5-8,18-20H,3-4,9-17H2,1-2H3,(H,26,27,28). The third kappa shape index (κ3) is 6.06. The molecule has 2 saturated heterocycles. The first-order valence-corrected chi connectivity index (χ1v) is 12.1. The van der Waals surface area contributed by atoms with Gasteiger partial charge in [-0.15, -0.1) is 0 Å². The number of methoxy groups -OCH3 is 1. The summed E-state index contributed by atoms with van der Waals surface area (Å²) in [6.07, 6.45) is 5.49. The van der Waals surface area contributed by atoms with Crippen LogP contribution in [0, 0.1) is 5.92 Å². The van der Waals surface area contributed by atoms with Crippen LogP contribution in [-0.2, 0) is 4.79 Å². The van der Waals surface area contributed by atoms with Gasteiger partial charge in [0.1, 0.15) is 23.7 Å². The maximum atomic E-state index is 12.8. The van der Waals surface area contributed by atoms with Crippen molar-refractivity contribution in [2.75, 3.05) is 68.0 Å². The summed E-state index contributed by atoms with van der Waals surface area (Å²) in [6.45, 7) is 8.24. The Kier molecular flexibility index (Phi) is 7.86. The fourth-order valence-corrected chi connectivity index (χ4v) is 4.74. The van der Waals surface area contributed by atoms with Crippen LogP contribution in [0.3, 0.4) is 0 Å². The van der Waals surface area contributed by atoms with Gasteiger partial charge in [0.15, 0.2) is 0 Å². The van der Waals surface area contributed by atoms with Crippen LogP contribution in [0.25, 0.3) is 0 Å². The number of carbonyl (C=O) groups is 1. The van der Waals surface area contributed by atoms with Gasteiger partial charge in [-0.2, -0.15) is 0 Å². The van der Waals surface area contributed by atoms with Gasteiger partial charge in [-0.3, -0.25) is 4.79 Å². The summed E-state index contributed by atoms with van der Waals surface area (Å²) in [5.74, 6) is 3.65. The van der Waals surface area contributed by atoms with Gasteiger partial charge in [0.25, 0.3) is 0 Å². The largest absolute Gasteiger partial charge is 0.497 e. The van der Waals surface area contributed by atoms with E-state index in [2.05, 4.69) is 44.1 Å². The number of hydrogen-bond acceptors (Lipinski definition) is 7. The van der Waals surface area contributed by atoms with E-state index in [1.807, 2.05) is 23.1 Å². The van der Waals surface area contributed by atoms with Crippen LogP contribution in [0.4, 0.5) is 17.3 Å². The molecule has 4 rings (SSSR count). The average molecular weight is 453 g/mol. The molecule has 2 aliphatic heterocycles. The van der Waals surface area contributed by atoms with Crippen molar-refractivity contribution < 1.29 is 9.53 Å². The number of aromatic nitrogens is 2. The van der Waals surface area contributed by atoms with E-state index in [0.717, 1.165) is 82.5 Å². The van der Waals surface area contributed by atoms with Crippen LogP contribution in [-0.4, -0.2) is 73.7 Å². The molecule has 0 saturated carbocycles. The quantitative estimate of drug-likeness (QED) is 0.659. The summed E-state index contributed by atoms with van der Waals surface area (Å²) in [5, 5.41) is 3.25. The van der Waals surface area contributed by atoms with E-state index in [-0.39, 0.29) is 0 Å². The van der Waals surface area contributed by atoms with Crippen LogP contribution < -0.4 is 19.9 Å². The Hall–Kier alpha value is -3.03. The lowest BCUT2D eigenvalue weighted by molar-refractivity contribution is -0.131. The number of carbonyl (C=O) groups excluding carboxylic acids is 1. The molecule has 2 aromatic rings. The Balaban J connectivity index is 1.17. The number of nitrogens with zero attached hydrogens (tertiary/aromatic N) is 5. The topological polar surface area (TPSA) is 73.8 Å². The zero-order valence-electron chi connectivity index (χ0n) is 19.9. The van der Waals surface area contributed by atoms with Crippen LogP contribution in [0.2, 0.25) is 0 Å². The molecule has 3 heterocycles. The van der Waals surface area contributed by atoms with Crippen molar-refractivity contribution in [1.29, 1.82) is 0 Å².